The molecule has 0 atom stereocenters. The molecule has 1 fully saturated rings. The summed E-state index contributed by atoms with van der Waals surface area (Å²) in [6, 6.07) is 1.00. The smallest absolute Gasteiger partial charge is 0.234 e. The summed E-state index contributed by atoms with van der Waals surface area (Å²) in [5.74, 6) is 0.146. The van der Waals surface area contributed by atoms with Crippen molar-refractivity contribution < 1.29 is 4.79 Å². The molecule has 0 aromatic rings. The zero-order valence-corrected chi connectivity index (χ0v) is 11.0. The van der Waals surface area contributed by atoms with E-state index >= 15 is 0 Å². The molecule has 1 rings (SSSR count). The molecule has 16 heavy (non-hydrogen) atoms. The molecule has 1 amide bonds. The Hall–Kier alpha value is -0.610. The van der Waals surface area contributed by atoms with Gasteiger partial charge in [0.1, 0.15) is 0 Å². The van der Waals surface area contributed by atoms with Crippen LogP contribution in [0.3, 0.4) is 0 Å². The molecular weight excluding hydrogens is 202 g/mol. The molecule has 0 aliphatic carbocycles. The average Bonchev–Trinajstić information content (AvgIpc) is 2.16. The number of carbonyl (C=O) groups is 1. The van der Waals surface area contributed by atoms with E-state index in [4.69, 9.17) is 0 Å². The summed E-state index contributed by atoms with van der Waals surface area (Å²) in [5, 5.41) is 3.10. The van der Waals surface area contributed by atoms with E-state index in [-0.39, 0.29) is 5.91 Å². The number of nitrogens with one attached hydrogen (secondary N) is 1. The first kappa shape index (κ1) is 13.5. The highest BCUT2D eigenvalue weighted by Crippen LogP contribution is 2.12. The van der Waals surface area contributed by atoms with E-state index in [1.807, 2.05) is 19.0 Å². The molecule has 1 N–H and O–H groups in total. The van der Waals surface area contributed by atoms with Crippen molar-refractivity contribution in [3.63, 3.8) is 0 Å². The Kier molecular flexibility index (Phi) is 5.22. The molecule has 0 aromatic carbocycles. The lowest BCUT2D eigenvalue weighted by Crippen LogP contribution is -2.48. The maximum atomic E-state index is 11.6. The number of nitrogens with zero attached hydrogens (tertiary/aromatic N) is 2. The Bertz CT molecular complexity index is 220. The van der Waals surface area contributed by atoms with Crippen LogP contribution < -0.4 is 5.32 Å². The Labute approximate surface area is 99.0 Å². The molecule has 0 aromatic heterocycles. The second kappa shape index (κ2) is 6.21. The standard InChI is InChI=1S/C12H25N3O/c1-10(2)15-7-5-11(6-8-15)13-12(16)9-14(3)4/h10-11H,5-9H2,1-4H3,(H,13,16). The van der Waals surface area contributed by atoms with Crippen LogP contribution in [0.25, 0.3) is 0 Å². The summed E-state index contributed by atoms with van der Waals surface area (Å²) in [6.07, 6.45) is 2.16. The van der Waals surface area contributed by atoms with Crippen molar-refractivity contribution in [2.75, 3.05) is 33.7 Å². The predicted molar refractivity (Wildman–Crippen MR) is 66.4 cm³/mol. The van der Waals surface area contributed by atoms with Gasteiger partial charge in [-0.1, -0.05) is 0 Å². The van der Waals surface area contributed by atoms with Gasteiger partial charge in [0.15, 0.2) is 0 Å². The Balaban J connectivity index is 2.24. The second-order valence-corrected chi connectivity index (χ2v) is 5.21. The quantitative estimate of drug-likeness (QED) is 0.761. The lowest BCUT2D eigenvalue weighted by Gasteiger charge is -2.35. The SMILES string of the molecule is CC(C)N1CCC(NC(=O)CN(C)C)CC1. The number of piperidine rings is 1. The first-order valence-electron chi connectivity index (χ1n) is 6.17. The molecule has 1 saturated heterocycles. The summed E-state index contributed by atoms with van der Waals surface area (Å²) in [6.45, 7) is 7.15. The van der Waals surface area contributed by atoms with Crippen LogP contribution >= 0.6 is 0 Å². The van der Waals surface area contributed by atoms with Gasteiger partial charge in [0.25, 0.3) is 0 Å². The molecule has 1 aliphatic heterocycles. The van der Waals surface area contributed by atoms with Crippen LogP contribution in [0.15, 0.2) is 0 Å². The number of likely N-dealkylation sites (N-methyl/N-ethyl adjacent to an activating group) is 1. The minimum Gasteiger partial charge on any atom is -0.352 e. The molecule has 0 spiro atoms. The van der Waals surface area contributed by atoms with Gasteiger partial charge in [0.05, 0.1) is 6.54 Å². The van der Waals surface area contributed by atoms with Crippen LogP contribution in [-0.4, -0.2) is 61.5 Å². The maximum Gasteiger partial charge on any atom is 0.234 e. The third-order valence-electron chi connectivity index (χ3n) is 3.08. The van der Waals surface area contributed by atoms with Gasteiger partial charge in [-0.2, -0.15) is 0 Å². The Morgan fingerprint density at radius 3 is 2.38 bits per heavy atom. The molecule has 0 radical (unpaired) electrons. The fourth-order valence-electron chi connectivity index (χ4n) is 2.12. The van der Waals surface area contributed by atoms with Gasteiger partial charge in [0.2, 0.25) is 5.91 Å². The van der Waals surface area contributed by atoms with E-state index in [1.165, 1.54) is 0 Å². The zero-order chi connectivity index (χ0) is 12.1. The van der Waals surface area contributed by atoms with Crippen molar-refractivity contribution in [3.8, 4) is 0 Å². The largest absolute Gasteiger partial charge is 0.352 e. The van der Waals surface area contributed by atoms with Gasteiger partial charge in [-0.05, 0) is 40.8 Å². The van der Waals surface area contributed by atoms with E-state index in [0.717, 1.165) is 25.9 Å². The van der Waals surface area contributed by atoms with Crippen molar-refractivity contribution in [1.82, 2.24) is 15.1 Å². The number of amides is 1. The molecule has 94 valence electrons. The topological polar surface area (TPSA) is 35.6 Å². The van der Waals surface area contributed by atoms with Crippen LogP contribution in [0.2, 0.25) is 0 Å². The van der Waals surface area contributed by atoms with E-state index < -0.39 is 0 Å². The van der Waals surface area contributed by atoms with Crippen molar-refractivity contribution in [2.45, 2.75) is 38.8 Å². The molecule has 1 aliphatic rings. The fraction of sp³-hybridized carbons (Fsp3) is 0.917. The molecule has 4 heteroatoms. The van der Waals surface area contributed by atoms with E-state index in [9.17, 15) is 4.79 Å². The van der Waals surface area contributed by atoms with Gasteiger partial charge in [-0.3, -0.25) is 4.79 Å². The number of hydrogen-bond donors (Lipinski definition) is 1. The van der Waals surface area contributed by atoms with E-state index in [2.05, 4.69) is 24.1 Å². The number of rotatable bonds is 4. The summed E-state index contributed by atoms with van der Waals surface area (Å²) < 4.78 is 0. The number of hydrogen-bond acceptors (Lipinski definition) is 3. The highest BCUT2D eigenvalue weighted by atomic mass is 16.2. The second-order valence-electron chi connectivity index (χ2n) is 5.21. The third-order valence-corrected chi connectivity index (χ3v) is 3.08. The number of likely N-dealkylation sites (tertiary alicyclic amines) is 1. The fourth-order valence-corrected chi connectivity index (χ4v) is 2.12. The van der Waals surface area contributed by atoms with Crippen LogP contribution in [0.4, 0.5) is 0 Å². The Morgan fingerprint density at radius 1 is 1.38 bits per heavy atom. The van der Waals surface area contributed by atoms with Crippen LogP contribution in [-0.2, 0) is 4.79 Å². The monoisotopic (exact) mass is 227 g/mol. The lowest BCUT2D eigenvalue weighted by atomic mass is 10.0. The van der Waals surface area contributed by atoms with Gasteiger partial charge < -0.3 is 15.1 Å². The minimum atomic E-state index is 0.146. The highest BCUT2D eigenvalue weighted by Gasteiger charge is 2.21. The van der Waals surface area contributed by atoms with Crippen molar-refractivity contribution in [2.24, 2.45) is 0 Å². The van der Waals surface area contributed by atoms with Crippen molar-refractivity contribution >= 4 is 5.91 Å². The first-order chi connectivity index (χ1) is 7.49. The normalized spacial score (nSPS) is 19.4. The number of carbonyl (C=O) groups excluding carboxylic acids is 1. The molecule has 0 bridgehead atoms. The minimum absolute atomic E-state index is 0.146. The molecular formula is C12H25N3O. The van der Waals surface area contributed by atoms with Crippen LogP contribution in [0.1, 0.15) is 26.7 Å². The predicted octanol–water partition coefficient (Wildman–Crippen LogP) is 0.537. The lowest BCUT2D eigenvalue weighted by molar-refractivity contribution is -0.122. The maximum absolute atomic E-state index is 11.6. The summed E-state index contributed by atoms with van der Waals surface area (Å²) in [5.41, 5.74) is 0. The summed E-state index contributed by atoms with van der Waals surface area (Å²) in [4.78, 5) is 15.9. The van der Waals surface area contributed by atoms with Gasteiger partial charge >= 0.3 is 0 Å². The molecule has 1 heterocycles. The van der Waals surface area contributed by atoms with Crippen molar-refractivity contribution in [1.29, 1.82) is 0 Å². The third kappa shape index (κ3) is 4.49. The first-order valence-corrected chi connectivity index (χ1v) is 6.17. The van der Waals surface area contributed by atoms with Gasteiger partial charge in [0, 0.05) is 25.2 Å². The van der Waals surface area contributed by atoms with Crippen LogP contribution in [0.5, 0.6) is 0 Å². The average molecular weight is 227 g/mol. The van der Waals surface area contributed by atoms with Crippen LogP contribution in [0, 0.1) is 0 Å². The summed E-state index contributed by atoms with van der Waals surface area (Å²) in [7, 11) is 3.84. The van der Waals surface area contributed by atoms with Crippen molar-refractivity contribution in [3.05, 3.63) is 0 Å². The summed E-state index contributed by atoms with van der Waals surface area (Å²) >= 11 is 0. The van der Waals surface area contributed by atoms with Gasteiger partial charge in [-0.25, -0.2) is 0 Å². The molecule has 0 saturated carbocycles. The van der Waals surface area contributed by atoms with E-state index in [0.29, 0.717) is 18.6 Å². The molecule has 4 nitrogen and oxygen atoms in total. The van der Waals surface area contributed by atoms with E-state index in [1.54, 1.807) is 0 Å². The van der Waals surface area contributed by atoms with Gasteiger partial charge in [-0.15, -0.1) is 0 Å². The highest BCUT2D eigenvalue weighted by molar-refractivity contribution is 5.78. The zero-order valence-electron chi connectivity index (χ0n) is 11.0. The Morgan fingerprint density at radius 2 is 1.94 bits per heavy atom. The molecule has 0 unspecified atom stereocenters.